The summed E-state index contributed by atoms with van der Waals surface area (Å²) in [6, 6.07) is 13.0. The maximum absolute atomic E-state index is 12.5. The third kappa shape index (κ3) is 3.95. The van der Waals surface area contributed by atoms with E-state index in [1.165, 1.54) is 31.6 Å². The number of nitrogens with zero attached hydrogens (tertiary/aromatic N) is 1. The first-order valence-electron chi connectivity index (χ1n) is 7.77. The third-order valence-electron chi connectivity index (χ3n) is 3.71. The van der Waals surface area contributed by atoms with Crippen LogP contribution >= 0.6 is 22.9 Å². The highest BCUT2D eigenvalue weighted by Gasteiger charge is 2.14. The molecule has 0 spiro atoms. The minimum atomic E-state index is -0.220. The second-order valence-corrected chi connectivity index (χ2v) is 6.62. The smallest absolute Gasteiger partial charge is 0.189 e. The topological polar surface area (TPSA) is 48.4 Å². The zero-order chi connectivity index (χ0) is 18.5. The lowest BCUT2D eigenvalue weighted by molar-refractivity contribution is 0.104. The van der Waals surface area contributed by atoms with Gasteiger partial charge in [-0.25, -0.2) is 4.98 Å². The first kappa shape index (κ1) is 18.2. The molecule has 0 atom stereocenters. The summed E-state index contributed by atoms with van der Waals surface area (Å²) in [4.78, 5) is 17.1. The standard InChI is InChI=1S/C20H16ClNO3S/c1-24-18-11-19(25-2)15(21)10-14(18)17(23)8-9-20-22-16(12-26-20)13-6-4-3-5-7-13/h3-12H,1-2H3. The predicted molar refractivity (Wildman–Crippen MR) is 105 cm³/mol. The number of halogens is 1. The van der Waals surface area contributed by atoms with Gasteiger partial charge in [0.1, 0.15) is 16.5 Å². The second-order valence-electron chi connectivity index (χ2n) is 5.32. The van der Waals surface area contributed by atoms with Crippen molar-refractivity contribution in [3.8, 4) is 22.8 Å². The van der Waals surface area contributed by atoms with E-state index < -0.39 is 0 Å². The molecule has 6 heteroatoms. The fraction of sp³-hybridized carbons (Fsp3) is 0.100. The lowest BCUT2D eigenvalue weighted by atomic mass is 10.1. The van der Waals surface area contributed by atoms with Crippen molar-refractivity contribution in [2.45, 2.75) is 0 Å². The van der Waals surface area contributed by atoms with E-state index in [4.69, 9.17) is 21.1 Å². The van der Waals surface area contributed by atoms with Gasteiger partial charge >= 0.3 is 0 Å². The molecule has 0 saturated carbocycles. The number of hydrogen-bond donors (Lipinski definition) is 0. The fourth-order valence-electron chi connectivity index (χ4n) is 2.40. The van der Waals surface area contributed by atoms with Crippen molar-refractivity contribution in [1.82, 2.24) is 4.98 Å². The van der Waals surface area contributed by atoms with Crippen LogP contribution in [0.3, 0.4) is 0 Å². The van der Waals surface area contributed by atoms with Gasteiger partial charge in [-0.3, -0.25) is 4.79 Å². The molecule has 0 unspecified atom stereocenters. The van der Waals surface area contributed by atoms with Crippen molar-refractivity contribution >= 4 is 34.8 Å². The largest absolute Gasteiger partial charge is 0.496 e. The molecule has 26 heavy (non-hydrogen) atoms. The Morgan fingerprint density at radius 3 is 2.54 bits per heavy atom. The number of rotatable bonds is 6. The van der Waals surface area contributed by atoms with Gasteiger partial charge in [0.25, 0.3) is 0 Å². The van der Waals surface area contributed by atoms with Crippen LogP contribution in [0, 0.1) is 0 Å². The van der Waals surface area contributed by atoms with E-state index in [0.29, 0.717) is 22.1 Å². The molecule has 1 aromatic heterocycles. The van der Waals surface area contributed by atoms with E-state index in [9.17, 15) is 4.79 Å². The summed E-state index contributed by atoms with van der Waals surface area (Å²) in [5.41, 5.74) is 2.29. The Labute approximate surface area is 160 Å². The summed E-state index contributed by atoms with van der Waals surface area (Å²) in [7, 11) is 3.00. The van der Waals surface area contributed by atoms with Crippen molar-refractivity contribution < 1.29 is 14.3 Å². The van der Waals surface area contributed by atoms with Gasteiger partial charge in [0.05, 0.1) is 30.5 Å². The van der Waals surface area contributed by atoms with Crippen LogP contribution in [0.25, 0.3) is 17.3 Å². The number of allylic oxidation sites excluding steroid dienone is 1. The third-order valence-corrected chi connectivity index (χ3v) is 4.81. The van der Waals surface area contributed by atoms with Crippen LogP contribution in [0.5, 0.6) is 11.5 Å². The molecular weight excluding hydrogens is 370 g/mol. The minimum Gasteiger partial charge on any atom is -0.496 e. The number of ether oxygens (including phenoxy) is 2. The van der Waals surface area contributed by atoms with E-state index in [-0.39, 0.29) is 5.78 Å². The van der Waals surface area contributed by atoms with Crippen LogP contribution in [-0.2, 0) is 0 Å². The average molecular weight is 386 g/mol. The van der Waals surface area contributed by atoms with Gasteiger partial charge in [0.15, 0.2) is 5.78 Å². The zero-order valence-corrected chi connectivity index (χ0v) is 15.8. The van der Waals surface area contributed by atoms with Crippen molar-refractivity contribution in [2.75, 3.05) is 14.2 Å². The molecule has 0 fully saturated rings. The Bertz CT molecular complexity index is 951. The number of benzene rings is 2. The van der Waals surface area contributed by atoms with Crippen molar-refractivity contribution in [3.05, 3.63) is 69.5 Å². The molecule has 2 aromatic carbocycles. The molecule has 0 aliphatic carbocycles. The van der Waals surface area contributed by atoms with E-state index in [2.05, 4.69) is 4.98 Å². The van der Waals surface area contributed by atoms with Crippen LogP contribution in [0.1, 0.15) is 15.4 Å². The first-order valence-corrected chi connectivity index (χ1v) is 9.03. The molecule has 0 saturated heterocycles. The van der Waals surface area contributed by atoms with Crippen molar-refractivity contribution in [2.24, 2.45) is 0 Å². The first-order chi connectivity index (χ1) is 12.6. The molecule has 0 radical (unpaired) electrons. The molecule has 3 aromatic rings. The number of thiazole rings is 1. The quantitative estimate of drug-likeness (QED) is 0.422. The Morgan fingerprint density at radius 1 is 1.12 bits per heavy atom. The molecule has 3 rings (SSSR count). The van der Waals surface area contributed by atoms with Crippen LogP contribution in [0.15, 0.2) is 53.9 Å². The molecule has 132 valence electrons. The molecule has 0 bridgehead atoms. The van der Waals surface area contributed by atoms with Crippen molar-refractivity contribution in [3.63, 3.8) is 0 Å². The van der Waals surface area contributed by atoms with Gasteiger partial charge in [-0.2, -0.15) is 0 Å². The van der Waals surface area contributed by atoms with Gasteiger partial charge in [-0.15, -0.1) is 11.3 Å². The predicted octanol–water partition coefficient (Wildman–Crippen LogP) is 5.38. The van der Waals surface area contributed by atoms with Gasteiger partial charge in [-0.1, -0.05) is 41.9 Å². The number of ketones is 1. The van der Waals surface area contributed by atoms with Crippen molar-refractivity contribution in [1.29, 1.82) is 0 Å². The maximum Gasteiger partial charge on any atom is 0.189 e. The molecule has 0 aliphatic heterocycles. The Kier molecular flexibility index (Phi) is 5.71. The summed E-state index contributed by atoms with van der Waals surface area (Å²) in [6.45, 7) is 0. The summed E-state index contributed by atoms with van der Waals surface area (Å²) < 4.78 is 10.4. The normalized spacial score (nSPS) is 10.9. The number of aromatic nitrogens is 1. The Balaban J connectivity index is 1.82. The number of carbonyl (C=O) groups excluding carboxylic acids is 1. The minimum absolute atomic E-state index is 0.220. The molecule has 1 heterocycles. The van der Waals surface area contributed by atoms with Crippen LogP contribution in [0.2, 0.25) is 5.02 Å². The summed E-state index contributed by atoms with van der Waals surface area (Å²) in [5.74, 6) is 0.643. The van der Waals surface area contributed by atoms with Gasteiger partial charge in [-0.05, 0) is 18.2 Å². The molecule has 0 aliphatic rings. The van der Waals surface area contributed by atoms with Gasteiger partial charge < -0.3 is 9.47 Å². The molecule has 4 nitrogen and oxygen atoms in total. The Hall–Kier alpha value is -2.63. The van der Waals surface area contributed by atoms with Crippen LogP contribution in [-0.4, -0.2) is 25.0 Å². The molecular formula is C20H16ClNO3S. The lowest BCUT2D eigenvalue weighted by Gasteiger charge is -2.09. The lowest BCUT2D eigenvalue weighted by Crippen LogP contribution is -2.00. The zero-order valence-electron chi connectivity index (χ0n) is 14.2. The van der Waals surface area contributed by atoms with Gasteiger partial charge in [0.2, 0.25) is 0 Å². The number of methoxy groups -OCH3 is 2. The SMILES string of the molecule is COc1cc(OC)c(C(=O)C=Cc2nc(-c3ccccc3)cs2)cc1Cl. The Morgan fingerprint density at radius 2 is 1.85 bits per heavy atom. The molecule has 0 N–H and O–H groups in total. The number of carbonyl (C=O) groups is 1. The summed E-state index contributed by atoms with van der Waals surface area (Å²) in [5, 5.41) is 3.06. The average Bonchev–Trinajstić information content (AvgIpc) is 3.15. The summed E-state index contributed by atoms with van der Waals surface area (Å²) in [6.07, 6.45) is 3.16. The highest BCUT2D eigenvalue weighted by atomic mass is 35.5. The van der Waals surface area contributed by atoms with E-state index in [1.807, 2.05) is 35.7 Å². The monoisotopic (exact) mass is 385 g/mol. The van der Waals surface area contributed by atoms with E-state index >= 15 is 0 Å². The molecule has 0 amide bonds. The fourth-order valence-corrected chi connectivity index (χ4v) is 3.35. The summed E-state index contributed by atoms with van der Waals surface area (Å²) >= 11 is 7.60. The van der Waals surface area contributed by atoms with E-state index in [1.54, 1.807) is 18.2 Å². The highest BCUT2D eigenvalue weighted by molar-refractivity contribution is 7.10. The number of hydrogen-bond acceptors (Lipinski definition) is 5. The van der Waals surface area contributed by atoms with Gasteiger partial charge in [0, 0.05) is 17.0 Å². The van der Waals surface area contributed by atoms with Crippen LogP contribution in [0.4, 0.5) is 0 Å². The second kappa shape index (κ2) is 8.17. The van der Waals surface area contributed by atoms with Crippen LogP contribution < -0.4 is 9.47 Å². The van der Waals surface area contributed by atoms with E-state index in [0.717, 1.165) is 16.3 Å². The maximum atomic E-state index is 12.5. The highest BCUT2D eigenvalue weighted by Crippen LogP contribution is 2.33.